The highest BCUT2D eigenvalue weighted by Crippen LogP contribution is 2.25. The van der Waals surface area contributed by atoms with Crippen LogP contribution in [0.15, 0.2) is 18.2 Å². The van der Waals surface area contributed by atoms with Crippen molar-refractivity contribution in [1.29, 1.82) is 0 Å². The molecule has 0 fully saturated rings. The summed E-state index contributed by atoms with van der Waals surface area (Å²) in [4.78, 5) is 12.6. The zero-order valence-electron chi connectivity index (χ0n) is 11.4. The third-order valence-electron chi connectivity index (χ3n) is 3.24. The predicted octanol–water partition coefficient (Wildman–Crippen LogP) is 2.47. The second-order valence-corrected chi connectivity index (χ2v) is 4.53. The quantitative estimate of drug-likeness (QED) is 0.843. The number of aryl methyl sites for hydroxylation is 1. The molecule has 1 atom stereocenters. The maximum Gasteiger partial charge on any atom is 0.304 e. The Morgan fingerprint density at radius 2 is 2.17 bits per heavy atom. The lowest BCUT2D eigenvalue weighted by molar-refractivity contribution is -0.137. The first kappa shape index (κ1) is 14.5. The predicted molar refractivity (Wildman–Crippen MR) is 71.0 cm³/mol. The SMILES string of the molecule is COc1ccc(C(C)N(C)CCC(=O)O)cc1C. The Kier molecular flexibility index (Phi) is 5.16. The number of aliphatic carboxylic acids is 1. The minimum atomic E-state index is -0.764. The summed E-state index contributed by atoms with van der Waals surface area (Å²) >= 11 is 0. The number of hydrogen-bond donors (Lipinski definition) is 1. The molecule has 0 aliphatic rings. The molecule has 0 heterocycles. The number of carbonyl (C=O) groups is 1. The van der Waals surface area contributed by atoms with Crippen molar-refractivity contribution in [2.45, 2.75) is 26.3 Å². The van der Waals surface area contributed by atoms with E-state index in [0.717, 1.165) is 11.3 Å². The molecule has 4 heteroatoms. The standard InChI is InChI=1S/C14H21NO3/c1-10-9-12(5-6-13(10)18-4)11(2)15(3)8-7-14(16)17/h5-6,9,11H,7-8H2,1-4H3,(H,16,17). The average Bonchev–Trinajstić information content (AvgIpc) is 2.34. The number of benzene rings is 1. The first-order valence-corrected chi connectivity index (χ1v) is 6.02. The molecule has 100 valence electrons. The van der Waals surface area contributed by atoms with E-state index in [2.05, 4.69) is 13.0 Å². The molecule has 0 aliphatic heterocycles. The maximum atomic E-state index is 10.6. The molecule has 18 heavy (non-hydrogen) atoms. The van der Waals surface area contributed by atoms with Crippen molar-refractivity contribution in [2.24, 2.45) is 0 Å². The Bertz CT molecular complexity index is 418. The minimum Gasteiger partial charge on any atom is -0.496 e. The number of nitrogens with zero attached hydrogens (tertiary/aromatic N) is 1. The van der Waals surface area contributed by atoms with E-state index in [4.69, 9.17) is 9.84 Å². The molecule has 0 saturated carbocycles. The van der Waals surface area contributed by atoms with Gasteiger partial charge >= 0.3 is 5.97 Å². The number of carboxylic acids is 1. The van der Waals surface area contributed by atoms with Gasteiger partial charge in [-0.1, -0.05) is 12.1 Å². The van der Waals surface area contributed by atoms with Gasteiger partial charge in [0.25, 0.3) is 0 Å². The minimum absolute atomic E-state index is 0.163. The normalized spacial score (nSPS) is 12.5. The van der Waals surface area contributed by atoms with Crippen molar-refractivity contribution < 1.29 is 14.6 Å². The number of methoxy groups -OCH3 is 1. The van der Waals surface area contributed by atoms with E-state index in [0.29, 0.717) is 6.54 Å². The molecule has 4 nitrogen and oxygen atoms in total. The van der Waals surface area contributed by atoms with Crippen LogP contribution in [-0.4, -0.2) is 36.7 Å². The van der Waals surface area contributed by atoms with Crippen LogP contribution in [0.4, 0.5) is 0 Å². The zero-order chi connectivity index (χ0) is 13.7. The number of hydrogen-bond acceptors (Lipinski definition) is 3. The Morgan fingerprint density at radius 1 is 1.50 bits per heavy atom. The summed E-state index contributed by atoms with van der Waals surface area (Å²) in [5.41, 5.74) is 2.26. The summed E-state index contributed by atoms with van der Waals surface area (Å²) in [6.45, 7) is 4.62. The fraction of sp³-hybridized carbons (Fsp3) is 0.500. The van der Waals surface area contributed by atoms with Gasteiger partial charge in [0, 0.05) is 12.6 Å². The lowest BCUT2D eigenvalue weighted by atomic mass is 10.0. The summed E-state index contributed by atoms with van der Waals surface area (Å²) in [5, 5.41) is 8.68. The molecule has 0 amide bonds. The van der Waals surface area contributed by atoms with E-state index < -0.39 is 5.97 Å². The summed E-state index contributed by atoms with van der Waals surface area (Å²) in [5.74, 6) is 0.110. The van der Waals surface area contributed by atoms with Gasteiger partial charge in [-0.05, 0) is 38.1 Å². The zero-order valence-corrected chi connectivity index (χ0v) is 11.4. The molecule has 1 N–H and O–H groups in total. The molecular formula is C14H21NO3. The van der Waals surface area contributed by atoms with Crippen LogP contribution in [0.3, 0.4) is 0 Å². The fourth-order valence-electron chi connectivity index (χ4n) is 1.88. The van der Waals surface area contributed by atoms with Crippen LogP contribution in [0.25, 0.3) is 0 Å². The van der Waals surface area contributed by atoms with Gasteiger partial charge in [-0.15, -0.1) is 0 Å². The van der Waals surface area contributed by atoms with Gasteiger partial charge in [-0.3, -0.25) is 9.69 Å². The fourth-order valence-corrected chi connectivity index (χ4v) is 1.88. The molecule has 0 saturated heterocycles. The Hall–Kier alpha value is -1.55. The van der Waals surface area contributed by atoms with Crippen LogP contribution in [0.1, 0.15) is 30.5 Å². The smallest absolute Gasteiger partial charge is 0.304 e. The maximum absolute atomic E-state index is 10.6. The van der Waals surface area contributed by atoms with Crippen LogP contribution >= 0.6 is 0 Å². The van der Waals surface area contributed by atoms with Gasteiger partial charge in [0.15, 0.2) is 0 Å². The van der Waals surface area contributed by atoms with Crippen molar-refractivity contribution in [3.8, 4) is 5.75 Å². The summed E-state index contributed by atoms with van der Waals surface area (Å²) in [7, 11) is 3.59. The van der Waals surface area contributed by atoms with Crippen LogP contribution in [0, 0.1) is 6.92 Å². The number of ether oxygens (including phenoxy) is 1. The first-order valence-electron chi connectivity index (χ1n) is 6.02. The van der Waals surface area contributed by atoms with Gasteiger partial charge in [0.05, 0.1) is 13.5 Å². The summed E-state index contributed by atoms with van der Waals surface area (Å²) in [6.07, 6.45) is 0.163. The van der Waals surface area contributed by atoms with Crippen molar-refractivity contribution in [3.05, 3.63) is 29.3 Å². The molecular weight excluding hydrogens is 230 g/mol. The van der Waals surface area contributed by atoms with Crippen molar-refractivity contribution in [1.82, 2.24) is 4.90 Å². The van der Waals surface area contributed by atoms with Gasteiger partial charge < -0.3 is 9.84 Å². The molecule has 0 bridgehead atoms. The second kappa shape index (κ2) is 6.40. The molecule has 0 aliphatic carbocycles. The van der Waals surface area contributed by atoms with Crippen molar-refractivity contribution >= 4 is 5.97 Å². The van der Waals surface area contributed by atoms with E-state index >= 15 is 0 Å². The highest BCUT2D eigenvalue weighted by molar-refractivity contribution is 5.66. The van der Waals surface area contributed by atoms with Crippen LogP contribution in [0.5, 0.6) is 5.75 Å². The molecule has 0 radical (unpaired) electrons. The third-order valence-corrected chi connectivity index (χ3v) is 3.24. The highest BCUT2D eigenvalue weighted by atomic mass is 16.5. The highest BCUT2D eigenvalue weighted by Gasteiger charge is 2.13. The molecule has 1 unspecified atom stereocenters. The van der Waals surface area contributed by atoms with E-state index in [1.807, 2.05) is 31.0 Å². The topological polar surface area (TPSA) is 49.8 Å². The van der Waals surface area contributed by atoms with Gasteiger partial charge in [-0.25, -0.2) is 0 Å². The lowest BCUT2D eigenvalue weighted by Crippen LogP contribution is -2.25. The van der Waals surface area contributed by atoms with Crippen molar-refractivity contribution in [3.63, 3.8) is 0 Å². The molecule has 0 aromatic heterocycles. The number of rotatable bonds is 6. The van der Waals surface area contributed by atoms with E-state index in [1.165, 1.54) is 5.56 Å². The molecule has 1 aromatic carbocycles. The second-order valence-electron chi connectivity index (χ2n) is 4.53. The summed E-state index contributed by atoms with van der Waals surface area (Å²) < 4.78 is 5.23. The van der Waals surface area contributed by atoms with Gasteiger partial charge in [-0.2, -0.15) is 0 Å². The van der Waals surface area contributed by atoms with Crippen LogP contribution in [-0.2, 0) is 4.79 Å². The average molecular weight is 251 g/mol. The van der Waals surface area contributed by atoms with Gasteiger partial charge in [0.1, 0.15) is 5.75 Å². The first-order chi connectivity index (χ1) is 8.45. The van der Waals surface area contributed by atoms with E-state index in [-0.39, 0.29) is 12.5 Å². The largest absolute Gasteiger partial charge is 0.496 e. The Morgan fingerprint density at radius 3 is 2.67 bits per heavy atom. The van der Waals surface area contributed by atoms with Crippen LogP contribution in [0.2, 0.25) is 0 Å². The third kappa shape index (κ3) is 3.74. The molecule has 1 aromatic rings. The van der Waals surface area contributed by atoms with E-state index in [9.17, 15) is 4.79 Å². The lowest BCUT2D eigenvalue weighted by Gasteiger charge is -2.25. The molecule has 0 spiro atoms. The summed E-state index contributed by atoms with van der Waals surface area (Å²) in [6, 6.07) is 6.25. The Balaban J connectivity index is 2.74. The van der Waals surface area contributed by atoms with Crippen molar-refractivity contribution in [2.75, 3.05) is 20.7 Å². The molecule has 1 rings (SSSR count). The monoisotopic (exact) mass is 251 g/mol. The van der Waals surface area contributed by atoms with Crippen LogP contribution < -0.4 is 4.74 Å². The van der Waals surface area contributed by atoms with E-state index in [1.54, 1.807) is 7.11 Å². The Labute approximate surface area is 108 Å². The number of carboxylic acid groups (broad SMARTS) is 1. The van der Waals surface area contributed by atoms with Gasteiger partial charge in [0.2, 0.25) is 0 Å².